The third-order valence-electron chi connectivity index (χ3n) is 4.39. The molecule has 1 aromatic heterocycles. The van der Waals surface area contributed by atoms with Crippen molar-refractivity contribution in [3.05, 3.63) is 52.2 Å². The predicted molar refractivity (Wildman–Crippen MR) is 97.7 cm³/mol. The lowest BCUT2D eigenvalue weighted by Crippen LogP contribution is -2.36. The number of amides is 2. The van der Waals surface area contributed by atoms with E-state index in [-0.39, 0.29) is 23.4 Å². The summed E-state index contributed by atoms with van der Waals surface area (Å²) in [5.41, 5.74) is 1.08. The summed E-state index contributed by atoms with van der Waals surface area (Å²) < 4.78 is 13.2. The summed E-state index contributed by atoms with van der Waals surface area (Å²) in [4.78, 5) is 25.3. The van der Waals surface area contributed by atoms with E-state index >= 15 is 0 Å². The van der Waals surface area contributed by atoms with Gasteiger partial charge in [-0.2, -0.15) is 0 Å². The Kier molecular flexibility index (Phi) is 5.48. The number of anilines is 1. The number of rotatable bonds is 4. The Hall–Kier alpha value is -2.21. The quantitative estimate of drug-likeness (QED) is 0.843. The first-order valence-electron chi connectivity index (χ1n) is 8.51. The number of carbonyl (C=O) groups is 2. The van der Waals surface area contributed by atoms with E-state index in [1.165, 1.54) is 36.0 Å². The van der Waals surface area contributed by atoms with Gasteiger partial charge in [-0.25, -0.2) is 4.39 Å². The number of thiophene rings is 1. The molecule has 0 aliphatic heterocycles. The lowest BCUT2D eigenvalue weighted by molar-refractivity contribution is 0.0930. The highest BCUT2D eigenvalue weighted by atomic mass is 32.1. The van der Waals surface area contributed by atoms with Gasteiger partial charge >= 0.3 is 0 Å². The van der Waals surface area contributed by atoms with Gasteiger partial charge in [-0.15, -0.1) is 11.3 Å². The number of nitrogens with one attached hydrogen (secondary N) is 2. The maximum absolute atomic E-state index is 13.2. The lowest BCUT2D eigenvalue weighted by atomic mass is 9.95. The molecule has 1 aliphatic rings. The first-order valence-corrected chi connectivity index (χ1v) is 9.33. The zero-order chi connectivity index (χ0) is 17.8. The summed E-state index contributed by atoms with van der Waals surface area (Å²) in [6.45, 7) is 1.85. The van der Waals surface area contributed by atoms with Crippen molar-refractivity contribution in [2.75, 3.05) is 5.32 Å². The molecule has 132 valence electrons. The van der Waals surface area contributed by atoms with E-state index in [1.54, 1.807) is 12.1 Å². The molecule has 1 saturated carbocycles. The van der Waals surface area contributed by atoms with Crippen molar-refractivity contribution >= 4 is 28.2 Å². The second-order valence-electron chi connectivity index (χ2n) is 6.40. The van der Waals surface area contributed by atoms with E-state index in [0.29, 0.717) is 9.88 Å². The minimum Gasteiger partial charge on any atom is -0.349 e. The molecule has 2 N–H and O–H groups in total. The minimum absolute atomic E-state index is 0.0827. The molecule has 0 spiro atoms. The van der Waals surface area contributed by atoms with Crippen molar-refractivity contribution in [1.29, 1.82) is 0 Å². The van der Waals surface area contributed by atoms with Crippen molar-refractivity contribution in [3.8, 4) is 0 Å². The van der Waals surface area contributed by atoms with Gasteiger partial charge in [0.05, 0.1) is 9.88 Å². The van der Waals surface area contributed by atoms with Crippen LogP contribution in [-0.4, -0.2) is 17.9 Å². The molecule has 1 heterocycles. The predicted octanol–water partition coefficient (Wildman–Crippen LogP) is 4.51. The molecule has 0 bridgehead atoms. The summed E-state index contributed by atoms with van der Waals surface area (Å²) in [6.07, 6.45) is 5.60. The number of halogens is 1. The first kappa shape index (κ1) is 17.6. The second kappa shape index (κ2) is 7.78. The molecule has 0 saturated heterocycles. The molecule has 1 fully saturated rings. The van der Waals surface area contributed by atoms with Crippen molar-refractivity contribution in [1.82, 2.24) is 5.32 Å². The topological polar surface area (TPSA) is 58.2 Å². The van der Waals surface area contributed by atoms with Gasteiger partial charge in [0.25, 0.3) is 11.8 Å². The highest BCUT2D eigenvalue weighted by Gasteiger charge is 2.20. The third kappa shape index (κ3) is 4.45. The fraction of sp³-hybridized carbons (Fsp3) is 0.368. The van der Waals surface area contributed by atoms with Crippen LogP contribution in [0, 0.1) is 12.7 Å². The summed E-state index contributed by atoms with van der Waals surface area (Å²) >= 11 is 1.25. The van der Waals surface area contributed by atoms with Crippen molar-refractivity contribution in [2.24, 2.45) is 0 Å². The molecule has 1 aromatic carbocycles. The Morgan fingerprint density at radius 3 is 2.60 bits per heavy atom. The Morgan fingerprint density at radius 1 is 1.12 bits per heavy atom. The summed E-state index contributed by atoms with van der Waals surface area (Å²) in [5, 5.41) is 6.41. The van der Waals surface area contributed by atoms with Crippen LogP contribution < -0.4 is 10.6 Å². The van der Waals surface area contributed by atoms with Crippen LogP contribution in [0.4, 0.5) is 9.39 Å². The first-order chi connectivity index (χ1) is 12.0. The minimum atomic E-state index is -0.456. The van der Waals surface area contributed by atoms with Gasteiger partial charge in [0.2, 0.25) is 0 Å². The highest BCUT2D eigenvalue weighted by Crippen LogP contribution is 2.28. The number of hydrogen-bond acceptors (Lipinski definition) is 3. The van der Waals surface area contributed by atoms with Crippen LogP contribution in [-0.2, 0) is 0 Å². The van der Waals surface area contributed by atoms with Crippen LogP contribution in [0.3, 0.4) is 0 Å². The lowest BCUT2D eigenvalue weighted by Gasteiger charge is -2.22. The average Bonchev–Trinajstić information content (AvgIpc) is 2.96. The Morgan fingerprint density at radius 2 is 1.88 bits per heavy atom. The number of carbonyl (C=O) groups excluding carboxylic acids is 2. The Balaban J connectivity index is 1.67. The van der Waals surface area contributed by atoms with Crippen LogP contribution >= 0.6 is 11.3 Å². The van der Waals surface area contributed by atoms with Gasteiger partial charge in [-0.05, 0) is 49.6 Å². The van der Waals surface area contributed by atoms with Gasteiger partial charge in [0, 0.05) is 11.6 Å². The molecule has 0 unspecified atom stereocenters. The summed E-state index contributed by atoms with van der Waals surface area (Å²) in [5.74, 6) is -0.928. The van der Waals surface area contributed by atoms with Crippen LogP contribution in [0.5, 0.6) is 0 Å². The van der Waals surface area contributed by atoms with Gasteiger partial charge in [-0.3, -0.25) is 9.59 Å². The normalized spacial score (nSPS) is 15.0. The molecule has 0 atom stereocenters. The third-order valence-corrected chi connectivity index (χ3v) is 5.54. The van der Waals surface area contributed by atoms with E-state index in [9.17, 15) is 14.0 Å². The SMILES string of the molecule is Cc1cc(NC(=O)c2cccc(F)c2)sc1C(=O)NC1CCCCC1. The molecule has 2 aromatic rings. The molecular formula is C19H21FN2O2S. The number of benzene rings is 1. The smallest absolute Gasteiger partial charge is 0.261 e. The fourth-order valence-corrected chi connectivity index (χ4v) is 4.05. The van der Waals surface area contributed by atoms with Crippen LogP contribution in [0.2, 0.25) is 0 Å². The second-order valence-corrected chi connectivity index (χ2v) is 7.45. The van der Waals surface area contributed by atoms with E-state index in [2.05, 4.69) is 10.6 Å². The van der Waals surface area contributed by atoms with Gasteiger partial charge in [0.15, 0.2) is 0 Å². The molecular weight excluding hydrogens is 339 g/mol. The van der Waals surface area contributed by atoms with Gasteiger partial charge in [0.1, 0.15) is 5.82 Å². The van der Waals surface area contributed by atoms with E-state index < -0.39 is 5.82 Å². The van der Waals surface area contributed by atoms with Gasteiger partial charge in [-0.1, -0.05) is 25.3 Å². The van der Waals surface area contributed by atoms with Crippen LogP contribution in [0.25, 0.3) is 0 Å². The molecule has 6 heteroatoms. The largest absolute Gasteiger partial charge is 0.349 e. The van der Waals surface area contributed by atoms with Crippen LogP contribution in [0.15, 0.2) is 30.3 Å². The maximum atomic E-state index is 13.2. The Bertz CT molecular complexity index is 781. The molecule has 1 aliphatic carbocycles. The fourth-order valence-electron chi connectivity index (χ4n) is 3.08. The summed E-state index contributed by atoms with van der Waals surface area (Å²) in [7, 11) is 0. The maximum Gasteiger partial charge on any atom is 0.261 e. The zero-order valence-corrected chi connectivity index (χ0v) is 14.9. The molecule has 4 nitrogen and oxygen atoms in total. The van der Waals surface area contributed by atoms with E-state index in [1.807, 2.05) is 6.92 Å². The Labute approximate surface area is 150 Å². The number of hydrogen-bond donors (Lipinski definition) is 2. The van der Waals surface area contributed by atoms with Crippen molar-refractivity contribution in [2.45, 2.75) is 45.1 Å². The molecule has 2 amide bonds. The number of aryl methyl sites for hydroxylation is 1. The van der Waals surface area contributed by atoms with E-state index in [4.69, 9.17) is 0 Å². The monoisotopic (exact) mass is 360 g/mol. The zero-order valence-electron chi connectivity index (χ0n) is 14.1. The standard InChI is InChI=1S/C19H21FN2O2S/c1-12-10-16(22-18(23)13-6-5-7-14(20)11-13)25-17(12)19(24)21-15-8-3-2-4-9-15/h5-7,10-11,15H,2-4,8-9H2,1H3,(H,21,24)(H,22,23). The molecule has 25 heavy (non-hydrogen) atoms. The molecule has 0 radical (unpaired) electrons. The van der Waals surface area contributed by atoms with Gasteiger partial charge < -0.3 is 10.6 Å². The van der Waals surface area contributed by atoms with Crippen LogP contribution in [0.1, 0.15) is 57.7 Å². The molecule has 3 rings (SSSR count). The average molecular weight is 360 g/mol. The van der Waals surface area contributed by atoms with E-state index in [0.717, 1.165) is 31.2 Å². The van der Waals surface area contributed by atoms with Crippen molar-refractivity contribution in [3.63, 3.8) is 0 Å². The summed E-state index contributed by atoms with van der Waals surface area (Å²) in [6, 6.07) is 7.54. The van der Waals surface area contributed by atoms with Crippen molar-refractivity contribution < 1.29 is 14.0 Å². The highest BCUT2D eigenvalue weighted by molar-refractivity contribution is 7.18.